The smallest absolute Gasteiger partial charge is 0.0327 e. The third kappa shape index (κ3) is 2.80. The molecule has 2 N–H and O–H groups in total. The van der Waals surface area contributed by atoms with E-state index in [1.807, 2.05) is 11.3 Å². The Bertz CT molecular complexity index is 315. The summed E-state index contributed by atoms with van der Waals surface area (Å²) in [6.45, 7) is 4.49. The zero-order chi connectivity index (χ0) is 10.8. The minimum atomic E-state index is 0.479. The van der Waals surface area contributed by atoms with Gasteiger partial charge in [-0.1, -0.05) is 0 Å². The van der Waals surface area contributed by atoms with Gasteiger partial charge in [-0.2, -0.15) is 0 Å². The molecule has 1 aromatic heterocycles. The monoisotopic (exact) mass is 224 g/mol. The van der Waals surface area contributed by atoms with Crippen LogP contribution in [-0.4, -0.2) is 24.5 Å². The number of rotatable bonds is 4. The molecule has 0 aromatic carbocycles. The fourth-order valence-corrected chi connectivity index (χ4v) is 3.24. The first kappa shape index (κ1) is 11.1. The first-order chi connectivity index (χ1) is 7.15. The van der Waals surface area contributed by atoms with Gasteiger partial charge >= 0.3 is 0 Å². The average Bonchev–Trinajstić information content (AvgIpc) is 2.49. The van der Waals surface area contributed by atoms with Crippen LogP contribution in [0.4, 0.5) is 0 Å². The zero-order valence-corrected chi connectivity index (χ0v) is 10.4. The van der Waals surface area contributed by atoms with Crippen LogP contribution in [0.25, 0.3) is 0 Å². The lowest BCUT2D eigenvalue weighted by atomic mass is 9.80. The van der Waals surface area contributed by atoms with E-state index >= 15 is 0 Å². The molecule has 0 unspecified atom stereocenters. The van der Waals surface area contributed by atoms with Gasteiger partial charge in [0, 0.05) is 24.0 Å². The Labute approximate surface area is 96.1 Å². The van der Waals surface area contributed by atoms with E-state index in [2.05, 4.69) is 30.3 Å². The minimum Gasteiger partial charge on any atom is -0.328 e. The molecule has 15 heavy (non-hydrogen) atoms. The summed E-state index contributed by atoms with van der Waals surface area (Å²) in [6, 6.07) is 2.68. The number of aryl methyl sites for hydroxylation is 1. The van der Waals surface area contributed by atoms with Gasteiger partial charge in [0.25, 0.3) is 0 Å². The van der Waals surface area contributed by atoms with Gasteiger partial charge in [0.2, 0.25) is 0 Å². The van der Waals surface area contributed by atoms with Gasteiger partial charge in [-0.15, -0.1) is 11.3 Å². The molecule has 1 aliphatic rings. The van der Waals surface area contributed by atoms with Gasteiger partial charge in [-0.05, 0) is 49.7 Å². The number of thiophene rings is 1. The summed E-state index contributed by atoms with van der Waals surface area (Å²) < 4.78 is 0. The lowest BCUT2D eigenvalue weighted by molar-refractivity contribution is 0.179. The van der Waals surface area contributed by atoms with Gasteiger partial charge < -0.3 is 10.6 Å². The molecule has 0 bridgehead atoms. The summed E-state index contributed by atoms with van der Waals surface area (Å²) in [7, 11) is 2.21. The van der Waals surface area contributed by atoms with Crippen molar-refractivity contribution in [2.75, 3.05) is 13.6 Å². The lowest BCUT2D eigenvalue weighted by Gasteiger charge is -2.35. The molecule has 1 heterocycles. The molecular formula is C12H20N2S. The van der Waals surface area contributed by atoms with Crippen LogP contribution in [0.5, 0.6) is 0 Å². The highest BCUT2D eigenvalue weighted by atomic mass is 32.1. The zero-order valence-electron chi connectivity index (χ0n) is 9.57. The van der Waals surface area contributed by atoms with Gasteiger partial charge in [-0.25, -0.2) is 0 Å². The largest absolute Gasteiger partial charge is 0.328 e. The second-order valence-electron chi connectivity index (χ2n) is 4.82. The van der Waals surface area contributed by atoms with Crippen molar-refractivity contribution in [3.05, 3.63) is 21.9 Å². The van der Waals surface area contributed by atoms with Crippen LogP contribution in [0.2, 0.25) is 0 Å². The van der Waals surface area contributed by atoms with Crippen molar-refractivity contribution in [1.29, 1.82) is 0 Å². The molecule has 1 aromatic rings. The maximum Gasteiger partial charge on any atom is 0.0327 e. The van der Waals surface area contributed by atoms with E-state index in [-0.39, 0.29) is 0 Å². The Balaban J connectivity index is 1.77. The summed E-state index contributed by atoms with van der Waals surface area (Å²) in [6.07, 6.45) is 2.43. The molecule has 0 atom stereocenters. The van der Waals surface area contributed by atoms with Crippen LogP contribution >= 0.6 is 11.3 Å². The average molecular weight is 224 g/mol. The summed E-state index contributed by atoms with van der Waals surface area (Å²) >= 11 is 1.86. The highest BCUT2D eigenvalue weighted by molar-refractivity contribution is 7.10. The topological polar surface area (TPSA) is 29.3 Å². The van der Waals surface area contributed by atoms with Crippen molar-refractivity contribution in [3.63, 3.8) is 0 Å². The third-order valence-electron chi connectivity index (χ3n) is 3.22. The first-order valence-corrected chi connectivity index (χ1v) is 6.50. The number of hydrogen-bond donors (Lipinski definition) is 1. The highest BCUT2D eigenvalue weighted by Crippen LogP contribution is 2.27. The van der Waals surface area contributed by atoms with E-state index in [1.165, 1.54) is 29.8 Å². The van der Waals surface area contributed by atoms with Crippen molar-refractivity contribution < 1.29 is 0 Å². The third-order valence-corrected chi connectivity index (χ3v) is 4.23. The van der Waals surface area contributed by atoms with Crippen LogP contribution in [0.3, 0.4) is 0 Å². The van der Waals surface area contributed by atoms with E-state index in [0.29, 0.717) is 6.04 Å². The number of nitrogens with two attached hydrogens (primary N) is 1. The van der Waals surface area contributed by atoms with E-state index in [9.17, 15) is 0 Å². The van der Waals surface area contributed by atoms with Crippen LogP contribution in [-0.2, 0) is 6.54 Å². The predicted molar refractivity (Wildman–Crippen MR) is 66.1 cm³/mol. The lowest BCUT2D eigenvalue weighted by Crippen LogP contribution is -2.41. The molecule has 1 fully saturated rings. The van der Waals surface area contributed by atoms with Crippen LogP contribution in [0.1, 0.15) is 23.3 Å². The summed E-state index contributed by atoms with van der Waals surface area (Å²) in [5.41, 5.74) is 7.22. The number of hydrogen-bond acceptors (Lipinski definition) is 3. The quantitative estimate of drug-likeness (QED) is 0.850. The van der Waals surface area contributed by atoms with E-state index < -0.39 is 0 Å². The highest BCUT2D eigenvalue weighted by Gasteiger charge is 2.26. The SMILES string of the molecule is Cc1ccsc1CN(C)CC1CC(N)C1. The maximum atomic E-state index is 5.79. The van der Waals surface area contributed by atoms with Gasteiger partial charge in [0.15, 0.2) is 0 Å². The second-order valence-corrected chi connectivity index (χ2v) is 5.82. The Kier molecular flexibility index (Phi) is 3.44. The van der Waals surface area contributed by atoms with Crippen molar-refractivity contribution >= 4 is 11.3 Å². The maximum absolute atomic E-state index is 5.79. The second kappa shape index (κ2) is 4.64. The molecule has 3 heteroatoms. The molecule has 0 radical (unpaired) electrons. The summed E-state index contributed by atoms with van der Waals surface area (Å²) in [4.78, 5) is 3.93. The van der Waals surface area contributed by atoms with Gasteiger partial charge in [0.1, 0.15) is 0 Å². The summed E-state index contributed by atoms with van der Waals surface area (Å²) in [5, 5.41) is 2.18. The van der Waals surface area contributed by atoms with Crippen molar-refractivity contribution in [3.8, 4) is 0 Å². The van der Waals surface area contributed by atoms with Crippen molar-refractivity contribution in [2.24, 2.45) is 11.7 Å². The molecule has 0 amide bonds. The van der Waals surface area contributed by atoms with Crippen LogP contribution in [0, 0.1) is 12.8 Å². The van der Waals surface area contributed by atoms with Gasteiger partial charge in [0.05, 0.1) is 0 Å². The molecule has 84 valence electrons. The number of nitrogens with zero attached hydrogens (tertiary/aromatic N) is 1. The van der Waals surface area contributed by atoms with Crippen molar-refractivity contribution in [2.45, 2.75) is 32.4 Å². The minimum absolute atomic E-state index is 0.479. The summed E-state index contributed by atoms with van der Waals surface area (Å²) in [5.74, 6) is 0.838. The molecule has 2 rings (SSSR count). The Hall–Kier alpha value is -0.380. The van der Waals surface area contributed by atoms with Crippen LogP contribution in [0.15, 0.2) is 11.4 Å². The fourth-order valence-electron chi connectivity index (χ4n) is 2.25. The Morgan fingerprint density at radius 1 is 1.53 bits per heavy atom. The molecular weight excluding hydrogens is 204 g/mol. The Morgan fingerprint density at radius 2 is 2.27 bits per heavy atom. The molecule has 1 saturated carbocycles. The van der Waals surface area contributed by atoms with E-state index in [4.69, 9.17) is 5.73 Å². The fraction of sp³-hybridized carbons (Fsp3) is 0.667. The molecule has 0 saturated heterocycles. The van der Waals surface area contributed by atoms with Crippen LogP contribution < -0.4 is 5.73 Å². The van der Waals surface area contributed by atoms with E-state index in [0.717, 1.165) is 12.5 Å². The standard InChI is InChI=1S/C12H20N2S/c1-9-3-4-15-12(9)8-14(2)7-10-5-11(13)6-10/h3-4,10-11H,5-8,13H2,1-2H3. The van der Waals surface area contributed by atoms with Gasteiger partial charge in [-0.3, -0.25) is 0 Å². The molecule has 2 nitrogen and oxygen atoms in total. The normalized spacial score (nSPS) is 25.6. The first-order valence-electron chi connectivity index (χ1n) is 5.62. The molecule has 0 spiro atoms. The Morgan fingerprint density at radius 3 is 2.80 bits per heavy atom. The molecule has 0 aliphatic heterocycles. The van der Waals surface area contributed by atoms with E-state index in [1.54, 1.807) is 0 Å². The molecule has 1 aliphatic carbocycles. The predicted octanol–water partition coefficient (Wildman–Crippen LogP) is 2.23. The van der Waals surface area contributed by atoms with Crippen molar-refractivity contribution in [1.82, 2.24) is 4.90 Å².